The molecule has 6 heteroatoms. The van der Waals surface area contributed by atoms with E-state index in [0.717, 1.165) is 30.6 Å². The maximum atomic E-state index is 12.1. The number of piperidine rings is 1. The molecule has 0 saturated carbocycles. The van der Waals surface area contributed by atoms with Crippen molar-refractivity contribution in [3.05, 3.63) is 35.5 Å². The zero-order chi connectivity index (χ0) is 17.7. The monoisotopic (exact) mass is 356 g/mol. The Morgan fingerprint density at radius 1 is 1.35 bits per heavy atom. The van der Waals surface area contributed by atoms with Crippen LogP contribution in [0.15, 0.2) is 24.3 Å². The fourth-order valence-corrected chi connectivity index (χ4v) is 5.02. The van der Waals surface area contributed by atoms with Crippen molar-refractivity contribution < 1.29 is 19.0 Å². The Bertz CT molecular complexity index is 839. The number of nitrogens with zero attached hydrogens (tertiary/aromatic N) is 1. The van der Waals surface area contributed by atoms with Crippen LogP contribution in [0, 0.1) is 5.92 Å². The normalized spacial score (nSPS) is 27.0. The smallest absolute Gasteiger partial charge is 0.320 e. The Kier molecular flexibility index (Phi) is 3.81. The lowest BCUT2D eigenvalue weighted by atomic mass is 9.73. The van der Waals surface area contributed by atoms with E-state index in [2.05, 4.69) is 28.1 Å². The number of hydrogen-bond donors (Lipinski definition) is 1. The molecule has 1 aromatic carbocycles. The largest absolute Gasteiger partial charge is 0.465 e. The molecule has 1 aromatic heterocycles. The van der Waals surface area contributed by atoms with Gasteiger partial charge in [-0.05, 0) is 32.4 Å². The molecular weight excluding hydrogens is 332 g/mol. The molecule has 138 valence electrons. The van der Waals surface area contributed by atoms with Crippen molar-refractivity contribution in [2.75, 3.05) is 32.9 Å². The number of rotatable bonds is 3. The molecule has 1 spiro atoms. The summed E-state index contributed by atoms with van der Waals surface area (Å²) in [4.78, 5) is 18.0. The lowest BCUT2D eigenvalue weighted by Gasteiger charge is -2.49. The summed E-state index contributed by atoms with van der Waals surface area (Å²) in [6.07, 6.45) is 1.89. The van der Waals surface area contributed by atoms with Crippen molar-refractivity contribution in [1.29, 1.82) is 0 Å². The molecule has 2 atom stereocenters. The Hall–Kier alpha value is -1.89. The van der Waals surface area contributed by atoms with Crippen LogP contribution < -0.4 is 0 Å². The van der Waals surface area contributed by atoms with Gasteiger partial charge in [-0.2, -0.15) is 0 Å². The number of aromatic nitrogens is 1. The van der Waals surface area contributed by atoms with Gasteiger partial charge >= 0.3 is 5.97 Å². The minimum absolute atomic E-state index is 0.152. The summed E-state index contributed by atoms with van der Waals surface area (Å²) in [6.45, 7) is 4.70. The number of aromatic amines is 1. The topological polar surface area (TPSA) is 63.8 Å². The number of ether oxygens (including phenoxy) is 3. The molecule has 2 aliphatic heterocycles. The highest BCUT2D eigenvalue weighted by Gasteiger charge is 2.56. The van der Waals surface area contributed by atoms with E-state index in [1.165, 1.54) is 10.9 Å². The van der Waals surface area contributed by atoms with Gasteiger partial charge in [-0.25, -0.2) is 0 Å². The molecule has 2 unspecified atom stereocenters. The van der Waals surface area contributed by atoms with Gasteiger partial charge in [0.05, 0.1) is 32.1 Å². The molecule has 1 N–H and O–H groups in total. The van der Waals surface area contributed by atoms with Crippen molar-refractivity contribution in [3.8, 4) is 0 Å². The number of hydrogen-bond acceptors (Lipinski definition) is 5. The second kappa shape index (κ2) is 6.08. The van der Waals surface area contributed by atoms with Crippen LogP contribution in [0.4, 0.5) is 0 Å². The fraction of sp³-hybridized carbons (Fsp3) is 0.550. The molecule has 6 nitrogen and oxygen atoms in total. The Morgan fingerprint density at radius 3 is 2.96 bits per heavy atom. The molecule has 2 aromatic rings. The van der Waals surface area contributed by atoms with Crippen LogP contribution >= 0.6 is 0 Å². The number of nitrogens with one attached hydrogen (secondary N) is 1. The molecule has 26 heavy (non-hydrogen) atoms. The lowest BCUT2D eigenvalue weighted by molar-refractivity contribution is -0.229. The molecule has 5 rings (SSSR count). The molecule has 2 bridgehead atoms. The Morgan fingerprint density at radius 2 is 2.15 bits per heavy atom. The molecule has 2 fully saturated rings. The van der Waals surface area contributed by atoms with Crippen molar-refractivity contribution in [2.45, 2.75) is 31.6 Å². The number of esters is 1. The zero-order valence-electron chi connectivity index (χ0n) is 15.0. The predicted octanol–water partition coefficient (Wildman–Crippen LogP) is 2.70. The molecule has 0 amide bonds. The first-order valence-corrected chi connectivity index (χ1v) is 9.51. The first-order chi connectivity index (χ1) is 12.7. The highest BCUT2D eigenvalue weighted by atomic mass is 16.7. The predicted molar refractivity (Wildman–Crippen MR) is 95.6 cm³/mol. The minimum atomic E-state index is -0.652. The van der Waals surface area contributed by atoms with Gasteiger partial charge in [0.25, 0.3) is 0 Å². The average molecular weight is 356 g/mol. The number of benzene rings is 1. The standard InChI is InChI=1S/C20H24N2O4/c1-2-24-17(23)12-22-8-7-13-11-16(22)18-14-5-3-4-6-15(14)21-19(18)20(13)25-9-10-26-20/h3-6,13,16,21H,2,7-12H2,1H3. The minimum Gasteiger partial charge on any atom is -0.465 e. The Balaban J connectivity index is 1.62. The maximum absolute atomic E-state index is 12.1. The van der Waals surface area contributed by atoms with Gasteiger partial charge in [-0.15, -0.1) is 0 Å². The average Bonchev–Trinajstić information content (AvgIpc) is 3.27. The van der Waals surface area contributed by atoms with Crippen LogP contribution in [-0.4, -0.2) is 48.8 Å². The van der Waals surface area contributed by atoms with E-state index in [0.29, 0.717) is 32.3 Å². The van der Waals surface area contributed by atoms with Crippen LogP contribution in [-0.2, 0) is 24.8 Å². The molecule has 1 aliphatic carbocycles. The van der Waals surface area contributed by atoms with Gasteiger partial charge in [-0.3, -0.25) is 9.69 Å². The third-order valence-corrected chi connectivity index (χ3v) is 6.03. The molecule has 2 saturated heterocycles. The van der Waals surface area contributed by atoms with Gasteiger partial charge < -0.3 is 19.2 Å². The third kappa shape index (κ3) is 2.25. The summed E-state index contributed by atoms with van der Waals surface area (Å²) in [6, 6.07) is 8.52. The molecule has 0 radical (unpaired) electrons. The SMILES string of the molecule is CCOC(=O)CN1CCC2CC1c1c([nH]c3ccccc13)C21OCCO1. The second-order valence-electron chi connectivity index (χ2n) is 7.34. The number of carbonyl (C=O) groups is 1. The second-order valence-corrected chi connectivity index (χ2v) is 7.34. The van der Waals surface area contributed by atoms with Gasteiger partial charge in [0, 0.05) is 28.4 Å². The van der Waals surface area contributed by atoms with E-state index in [9.17, 15) is 4.79 Å². The van der Waals surface area contributed by atoms with Crippen LogP contribution in [0.2, 0.25) is 0 Å². The number of likely N-dealkylation sites (tertiary alicyclic amines) is 1. The molecular formula is C20H24N2O4. The molecule has 3 heterocycles. The number of carbonyl (C=O) groups excluding carboxylic acids is 1. The summed E-state index contributed by atoms with van der Waals surface area (Å²) >= 11 is 0. The van der Waals surface area contributed by atoms with Crippen molar-refractivity contribution in [3.63, 3.8) is 0 Å². The van der Waals surface area contributed by atoms with Crippen LogP contribution in [0.25, 0.3) is 10.9 Å². The maximum Gasteiger partial charge on any atom is 0.320 e. The van der Waals surface area contributed by atoms with E-state index in [-0.39, 0.29) is 12.0 Å². The van der Waals surface area contributed by atoms with Crippen molar-refractivity contribution in [1.82, 2.24) is 9.88 Å². The zero-order valence-corrected chi connectivity index (χ0v) is 15.0. The van der Waals surface area contributed by atoms with E-state index < -0.39 is 5.79 Å². The first kappa shape index (κ1) is 16.3. The van der Waals surface area contributed by atoms with Gasteiger partial charge in [0.15, 0.2) is 0 Å². The lowest BCUT2D eigenvalue weighted by Crippen LogP contribution is -2.51. The van der Waals surface area contributed by atoms with Crippen LogP contribution in [0.3, 0.4) is 0 Å². The van der Waals surface area contributed by atoms with Gasteiger partial charge in [0.1, 0.15) is 0 Å². The highest BCUT2D eigenvalue weighted by Crippen LogP contribution is 2.55. The summed E-state index contributed by atoms with van der Waals surface area (Å²) in [5, 5.41) is 1.19. The summed E-state index contributed by atoms with van der Waals surface area (Å²) in [5.41, 5.74) is 3.37. The van der Waals surface area contributed by atoms with Crippen molar-refractivity contribution >= 4 is 16.9 Å². The summed E-state index contributed by atoms with van der Waals surface area (Å²) in [5.74, 6) is -0.504. The number of para-hydroxylation sites is 1. The van der Waals surface area contributed by atoms with E-state index >= 15 is 0 Å². The van der Waals surface area contributed by atoms with Crippen molar-refractivity contribution in [2.24, 2.45) is 5.92 Å². The summed E-state index contributed by atoms with van der Waals surface area (Å²) in [7, 11) is 0. The fourth-order valence-electron chi connectivity index (χ4n) is 5.02. The first-order valence-electron chi connectivity index (χ1n) is 9.51. The number of fused-ring (bicyclic) bond motifs is 8. The Labute approximate surface area is 152 Å². The molecule has 3 aliphatic rings. The number of H-pyrrole nitrogens is 1. The highest BCUT2D eigenvalue weighted by molar-refractivity contribution is 5.86. The van der Waals surface area contributed by atoms with Gasteiger partial charge in [0.2, 0.25) is 5.79 Å². The third-order valence-electron chi connectivity index (χ3n) is 6.03. The van der Waals surface area contributed by atoms with Gasteiger partial charge in [-0.1, -0.05) is 18.2 Å². The van der Waals surface area contributed by atoms with Crippen LogP contribution in [0.1, 0.15) is 37.1 Å². The van der Waals surface area contributed by atoms with E-state index in [1.807, 2.05) is 13.0 Å². The van der Waals surface area contributed by atoms with E-state index in [1.54, 1.807) is 0 Å². The van der Waals surface area contributed by atoms with Crippen LogP contribution in [0.5, 0.6) is 0 Å². The summed E-state index contributed by atoms with van der Waals surface area (Å²) < 4.78 is 17.6. The quantitative estimate of drug-likeness (QED) is 0.857. The van der Waals surface area contributed by atoms with E-state index in [4.69, 9.17) is 14.2 Å².